The average molecular weight is 298 g/mol. The number of aryl methyl sites for hydroxylation is 2. The fraction of sp³-hybridized carbons (Fsp3) is 0.294. The molecule has 0 saturated heterocycles. The molecule has 0 spiro atoms. The molecule has 0 aliphatic heterocycles. The van der Waals surface area contributed by atoms with E-state index in [0.717, 1.165) is 44.2 Å². The Labute approximate surface area is 128 Å². The maximum Gasteiger partial charge on any atom is 0.207 e. The largest absolute Gasteiger partial charge is 0.497 e. The van der Waals surface area contributed by atoms with Crippen LogP contribution in [0.5, 0.6) is 5.75 Å². The van der Waals surface area contributed by atoms with Crippen LogP contribution in [0.2, 0.25) is 0 Å². The van der Waals surface area contributed by atoms with Gasteiger partial charge in [-0.1, -0.05) is 6.07 Å². The highest BCUT2D eigenvalue weighted by atomic mass is 16.6. The van der Waals surface area contributed by atoms with Crippen molar-refractivity contribution >= 4 is 21.8 Å². The molecule has 0 atom stereocenters. The second-order valence-corrected chi connectivity index (χ2v) is 5.57. The molecule has 0 saturated carbocycles. The summed E-state index contributed by atoms with van der Waals surface area (Å²) < 4.78 is 5.31. The van der Waals surface area contributed by atoms with E-state index >= 15 is 0 Å². The Kier molecular flexibility index (Phi) is 3.48. The minimum atomic E-state index is -0.269. The summed E-state index contributed by atoms with van der Waals surface area (Å²) in [6.07, 6.45) is 0.453. The number of nitrogens with zero attached hydrogens (tertiary/aromatic N) is 1. The molecule has 1 heterocycles. The molecule has 2 aromatic carbocycles. The summed E-state index contributed by atoms with van der Waals surface area (Å²) in [4.78, 5) is 13.8. The number of H-pyrrole nitrogens is 1. The zero-order valence-corrected chi connectivity index (χ0v) is 12.9. The number of nitro groups is 1. The standard InChI is InChI=1S/C17H18N2O3/c1-10-8-12(6-7-19(20)21)11(2)17-16(10)14-9-13(22-3)4-5-15(14)18-17/h4-5,8-9,18H,6-7H2,1-3H3. The number of aromatic nitrogens is 1. The molecule has 0 fully saturated rings. The van der Waals surface area contributed by atoms with Crippen LogP contribution in [-0.4, -0.2) is 23.6 Å². The van der Waals surface area contributed by atoms with E-state index < -0.39 is 0 Å². The first-order valence-electron chi connectivity index (χ1n) is 7.21. The van der Waals surface area contributed by atoms with Gasteiger partial charge in [0.2, 0.25) is 6.54 Å². The maximum atomic E-state index is 10.6. The van der Waals surface area contributed by atoms with Crippen LogP contribution in [0, 0.1) is 24.0 Å². The molecule has 22 heavy (non-hydrogen) atoms. The monoisotopic (exact) mass is 298 g/mol. The lowest BCUT2D eigenvalue weighted by molar-refractivity contribution is -0.479. The van der Waals surface area contributed by atoms with Crippen molar-refractivity contribution in [1.29, 1.82) is 0 Å². The van der Waals surface area contributed by atoms with E-state index in [-0.39, 0.29) is 11.5 Å². The number of nitrogens with one attached hydrogen (secondary N) is 1. The van der Waals surface area contributed by atoms with Crippen molar-refractivity contribution < 1.29 is 9.66 Å². The van der Waals surface area contributed by atoms with Gasteiger partial charge in [-0.15, -0.1) is 0 Å². The van der Waals surface area contributed by atoms with Gasteiger partial charge in [0.05, 0.1) is 7.11 Å². The summed E-state index contributed by atoms with van der Waals surface area (Å²) in [6.45, 7) is 4.02. The van der Waals surface area contributed by atoms with Crippen molar-refractivity contribution in [1.82, 2.24) is 4.98 Å². The number of hydrogen-bond donors (Lipinski definition) is 1. The van der Waals surface area contributed by atoms with Crippen LogP contribution in [-0.2, 0) is 6.42 Å². The van der Waals surface area contributed by atoms with Crippen LogP contribution >= 0.6 is 0 Å². The smallest absolute Gasteiger partial charge is 0.207 e. The first-order valence-corrected chi connectivity index (χ1v) is 7.21. The van der Waals surface area contributed by atoms with Crippen molar-refractivity contribution in [2.24, 2.45) is 0 Å². The van der Waals surface area contributed by atoms with Gasteiger partial charge >= 0.3 is 0 Å². The summed E-state index contributed by atoms with van der Waals surface area (Å²) >= 11 is 0. The minimum Gasteiger partial charge on any atom is -0.497 e. The first-order chi connectivity index (χ1) is 10.5. The summed E-state index contributed by atoms with van der Waals surface area (Å²) in [5, 5.41) is 12.9. The van der Waals surface area contributed by atoms with Crippen molar-refractivity contribution in [2.45, 2.75) is 20.3 Å². The molecule has 5 nitrogen and oxygen atoms in total. The van der Waals surface area contributed by atoms with Crippen LogP contribution in [0.15, 0.2) is 24.3 Å². The van der Waals surface area contributed by atoms with Gasteiger partial charge in [0.1, 0.15) is 5.75 Å². The summed E-state index contributed by atoms with van der Waals surface area (Å²) in [5.74, 6) is 0.822. The van der Waals surface area contributed by atoms with E-state index in [1.807, 2.05) is 32.0 Å². The molecule has 3 rings (SSSR count). The van der Waals surface area contributed by atoms with E-state index in [0.29, 0.717) is 6.42 Å². The molecule has 0 amide bonds. The highest BCUT2D eigenvalue weighted by Gasteiger charge is 2.14. The number of aromatic amines is 1. The molecule has 0 aliphatic carbocycles. The Balaban J connectivity index is 2.23. The number of ether oxygens (including phenoxy) is 1. The summed E-state index contributed by atoms with van der Waals surface area (Å²) in [6, 6.07) is 8.02. The van der Waals surface area contributed by atoms with Gasteiger partial charge < -0.3 is 9.72 Å². The predicted molar refractivity (Wildman–Crippen MR) is 87.4 cm³/mol. The van der Waals surface area contributed by atoms with Crippen molar-refractivity contribution in [3.05, 3.63) is 51.1 Å². The molecule has 3 aromatic rings. The van der Waals surface area contributed by atoms with Gasteiger partial charge in [0, 0.05) is 33.1 Å². The minimum absolute atomic E-state index is 0.0418. The SMILES string of the molecule is COc1ccc2[nH]c3c(C)c(CC[N+](=O)[O-])cc(C)c3c2c1. The lowest BCUT2D eigenvalue weighted by Crippen LogP contribution is -2.05. The van der Waals surface area contributed by atoms with E-state index in [1.54, 1.807) is 7.11 Å². The number of methoxy groups -OCH3 is 1. The van der Waals surface area contributed by atoms with E-state index in [1.165, 1.54) is 0 Å². The Morgan fingerprint density at radius 1 is 1.27 bits per heavy atom. The molecule has 1 N–H and O–H groups in total. The van der Waals surface area contributed by atoms with Crippen LogP contribution in [0.25, 0.3) is 21.8 Å². The van der Waals surface area contributed by atoms with Gasteiger partial charge in [-0.3, -0.25) is 10.1 Å². The van der Waals surface area contributed by atoms with Gasteiger partial charge in [-0.25, -0.2) is 0 Å². The van der Waals surface area contributed by atoms with Gasteiger partial charge in [0.15, 0.2) is 0 Å². The van der Waals surface area contributed by atoms with Gasteiger partial charge in [-0.2, -0.15) is 0 Å². The average Bonchev–Trinajstić information content (AvgIpc) is 2.88. The molecule has 0 unspecified atom stereocenters. The predicted octanol–water partition coefficient (Wildman–Crippen LogP) is 3.77. The Hall–Kier alpha value is -2.56. The van der Waals surface area contributed by atoms with Gasteiger partial charge in [-0.05, 0) is 48.7 Å². The highest BCUT2D eigenvalue weighted by molar-refractivity contribution is 6.10. The molecule has 0 aliphatic rings. The molecular formula is C17H18N2O3. The zero-order valence-electron chi connectivity index (χ0n) is 12.9. The number of rotatable bonds is 4. The number of benzene rings is 2. The van der Waals surface area contributed by atoms with Crippen LogP contribution < -0.4 is 4.74 Å². The quantitative estimate of drug-likeness (QED) is 0.589. The van der Waals surface area contributed by atoms with Crippen LogP contribution in [0.4, 0.5) is 0 Å². The second kappa shape index (κ2) is 5.33. The fourth-order valence-electron chi connectivity index (χ4n) is 3.06. The topological polar surface area (TPSA) is 68.2 Å². The molecule has 114 valence electrons. The number of hydrogen-bond acceptors (Lipinski definition) is 3. The first kappa shape index (κ1) is 14.4. The molecule has 5 heteroatoms. The molecule has 0 bridgehead atoms. The third kappa shape index (κ3) is 2.28. The van der Waals surface area contributed by atoms with Crippen molar-refractivity contribution in [3.8, 4) is 5.75 Å². The van der Waals surface area contributed by atoms with Crippen molar-refractivity contribution in [2.75, 3.05) is 13.7 Å². The highest BCUT2D eigenvalue weighted by Crippen LogP contribution is 2.34. The zero-order chi connectivity index (χ0) is 15.9. The van der Waals surface area contributed by atoms with Crippen LogP contribution in [0.3, 0.4) is 0 Å². The lowest BCUT2D eigenvalue weighted by atomic mass is 9.97. The van der Waals surface area contributed by atoms with E-state index in [4.69, 9.17) is 4.74 Å². The third-order valence-corrected chi connectivity index (χ3v) is 4.21. The van der Waals surface area contributed by atoms with E-state index in [9.17, 15) is 10.1 Å². The maximum absolute atomic E-state index is 10.6. The Morgan fingerprint density at radius 2 is 2.05 bits per heavy atom. The summed E-state index contributed by atoms with van der Waals surface area (Å²) in [5.41, 5.74) is 5.34. The fourth-order valence-corrected chi connectivity index (χ4v) is 3.06. The Bertz CT molecular complexity index is 881. The van der Waals surface area contributed by atoms with Gasteiger partial charge in [0.25, 0.3) is 0 Å². The second-order valence-electron chi connectivity index (χ2n) is 5.57. The Morgan fingerprint density at radius 3 is 2.73 bits per heavy atom. The van der Waals surface area contributed by atoms with E-state index in [2.05, 4.69) is 11.1 Å². The lowest BCUT2D eigenvalue weighted by Gasteiger charge is -2.08. The molecular weight excluding hydrogens is 280 g/mol. The molecule has 1 aromatic heterocycles. The summed E-state index contributed by atoms with van der Waals surface area (Å²) in [7, 11) is 1.66. The van der Waals surface area contributed by atoms with Crippen molar-refractivity contribution in [3.63, 3.8) is 0 Å². The van der Waals surface area contributed by atoms with Crippen LogP contribution in [0.1, 0.15) is 16.7 Å². The molecule has 0 radical (unpaired) electrons. The normalized spacial score (nSPS) is 11.2. The third-order valence-electron chi connectivity index (χ3n) is 4.21. The number of fused-ring (bicyclic) bond motifs is 3.